The van der Waals surface area contributed by atoms with Crippen molar-refractivity contribution in [3.8, 4) is 11.5 Å². The van der Waals surface area contributed by atoms with Crippen molar-refractivity contribution in [1.82, 2.24) is 0 Å². The Labute approximate surface area is 142 Å². The molecule has 0 aliphatic carbocycles. The van der Waals surface area contributed by atoms with Crippen molar-refractivity contribution in [2.45, 2.75) is 20.0 Å². The van der Waals surface area contributed by atoms with Gasteiger partial charge in [0.05, 0.1) is 6.61 Å². The SMILES string of the molecule is COCCOc1cccc(NC(=O)C(C)Oc2cccc(C)c2)c1. The normalized spacial score (nSPS) is 11.6. The average Bonchev–Trinajstić information content (AvgIpc) is 2.55. The Kier molecular flexibility index (Phi) is 6.63. The van der Waals surface area contributed by atoms with Crippen LogP contribution in [0.3, 0.4) is 0 Å². The second-order valence-corrected chi connectivity index (χ2v) is 5.43. The molecule has 1 atom stereocenters. The van der Waals surface area contributed by atoms with Gasteiger partial charge in [0, 0.05) is 18.9 Å². The maximum Gasteiger partial charge on any atom is 0.265 e. The molecule has 0 spiro atoms. The molecular weight excluding hydrogens is 306 g/mol. The quantitative estimate of drug-likeness (QED) is 0.754. The van der Waals surface area contributed by atoms with Crippen LogP contribution >= 0.6 is 0 Å². The second-order valence-electron chi connectivity index (χ2n) is 5.43. The van der Waals surface area contributed by atoms with E-state index in [0.717, 1.165) is 5.56 Å². The first-order valence-corrected chi connectivity index (χ1v) is 7.84. The van der Waals surface area contributed by atoms with E-state index in [1.807, 2.05) is 43.3 Å². The number of ether oxygens (including phenoxy) is 3. The predicted molar refractivity (Wildman–Crippen MR) is 93.7 cm³/mol. The fourth-order valence-electron chi connectivity index (χ4n) is 2.10. The Morgan fingerprint density at radius 2 is 1.83 bits per heavy atom. The lowest BCUT2D eigenvalue weighted by Crippen LogP contribution is -2.30. The zero-order valence-electron chi connectivity index (χ0n) is 14.2. The van der Waals surface area contributed by atoms with Gasteiger partial charge in [-0.25, -0.2) is 0 Å². The van der Waals surface area contributed by atoms with E-state index in [4.69, 9.17) is 14.2 Å². The van der Waals surface area contributed by atoms with Gasteiger partial charge in [-0.15, -0.1) is 0 Å². The van der Waals surface area contributed by atoms with Crippen LogP contribution in [-0.4, -0.2) is 32.3 Å². The number of carbonyl (C=O) groups is 1. The smallest absolute Gasteiger partial charge is 0.265 e. The maximum atomic E-state index is 12.3. The van der Waals surface area contributed by atoms with Crippen molar-refractivity contribution in [1.29, 1.82) is 0 Å². The highest BCUT2D eigenvalue weighted by molar-refractivity contribution is 5.94. The lowest BCUT2D eigenvalue weighted by Gasteiger charge is -2.15. The van der Waals surface area contributed by atoms with E-state index >= 15 is 0 Å². The Hall–Kier alpha value is -2.53. The van der Waals surface area contributed by atoms with E-state index in [0.29, 0.717) is 30.4 Å². The van der Waals surface area contributed by atoms with E-state index in [1.165, 1.54) is 0 Å². The number of benzene rings is 2. The topological polar surface area (TPSA) is 56.8 Å². The molecule has 0 aliphatic heterocycles. The summed E-state index contributed by atoms with van der Waals surface area (Å²) in [6.07, 6.45) is -0.607. The van der Waals surface area contributed by atoms with Gasteiger partial charge in [-0.2, -0.15) is 0 Å². The zero-order chi connectivity index (χ0) is 17.4. The summed E-state index contributed by atoms with van der Waals surface area (Å²) in [5.74, 6) is 1.14. The van der Waals surface area contributed by atoms with E-state index in [2.05, 4.69) is 5.32 Å². The highest BCUT2D eigenvalue weighted by atomic mass is 16.5. The molecule has 1 unspecified atom stereocenters. The van der Waals surface area contributed by atoms with E-state index in [9.17, 15) is 4.79 Å². The molecule has 1 N–H and O–H groups in total. The van der Waals surface area contributed by atoms with Crippen molar-refractivity contribution in [2.24, 2.45) is 0 Å². The molecular formula is C19H23NO4. The third-order valence-electron chi connectivity index (χ3n) is 3.33. The van der Waals surface area contributed by atoms with E-state index < -0.39 is 6.10 Å². The highest BCUT2D eigenvalue weighted by Gasteiger charge is 2.15. The third kappa shape index (κ3) is 5.59. The van der Waals surface area contributed by atoms with Gasteiger partial charge in [0.15, 0.2) is 6.10 Å². The van der Waals surface area contributed by atoms with E-state index in [-0.39, 0.29) is 5.91 Å². The van der Waals surface area contributed by atoms with Crippen LogP contribution in [0.5, 0.6) is 11.5 Å². The minimum atomic E-state index is -0.607. The molecule has 0 fully saturated rings. The summed E-state index contributed by atoms with van der Waals surface area (Å²) in [7, 11) is 1.62. The number of anilines is 1. The summed E-state index contributed by atoms with van der Waals surface area (Å²) in [5.41, 5.74) is 1.75. The van der Waals surface area contributed by atoms with Gasteiger partial charge in [0.1, 0.15) is 18.1 Å². The molecule has 0 saturated heterocycles. The van der Waals surface area contributed by atoms with Gasteiger partial charge in [0.25, 0.3) is 5.91 Å². The number of hydrogen-bond donors (Lipinski definition) is 1. The van der Waals surface area contributed by atoms with Crippen LogP contribution in [-0.2, 0) is 9.53 Å². The van der Waals surface area contributed by atoms with Crippen LogP contribution in [0, 0.1) is 6.92 Å². The first kappa shape index (κ1) is 17.8. The van der Waals surface area contributed by atoms with E-state index in [1.54, 1.807) is 26.2 Å². The maximum absolute atomic E-state index is 12.3. The minimum Gasteiger partial charge on any atom is -0.491 e. The standard InChI is InChI=1S/C19H23NO4/c1-14-6-4-9-18(12-14)24-15(2)19(21)20-16-7-5-8-17(13-16)23-11-10-22-3/h4-9,12-13,15H,10-11H2,1-3H3,(H,20,21). The molecule has 5 heteroatoms. The summed E-state index contributed by atoms with van der Waals surface area (Å²) in [4.78, 5) is 12.3. The number of amides is 1. The molecule has 0 aromatic heterocycles. The van der Waals surface area contributed by atoms with Gasteiger partial charge in [0.2, 0.25) is 0 Å². The molecule has 0 heterocycles. The van der Waals surface area contributed by atoms with Gasteiger partial charge in [-0.05, 0) is 43.7 Å². The lowest BCUT2D eigenvalue weighted by atomic mass is 10.2. The second kappa shape index (κ2) is 8.93. The van der Waals surface area contributed by atoms with Gasteiger partial charge < -0.3 is 19.5 Å². The van der Waals surface area contributed by atoms with Gasteiger partial charge in [-0.1, -0.05) is 18.2 Å². The van der Waals surface area contributed by atoms with Crippen molar-refractivity contribution in [3.05, 3.63) is 54.1 Å². The molecule has 1 amide bonds. The van der Waals surface area contributed by atoms with Crippen molar-refractivity contribution in [3.63, 3.8) is 0 Å². The largest absolute Gasteiger partial charge is 0.491 e. The van der Waals surface area contributed by atoms with Crippen LogP contribution in [0.1, 0.15) is 12.5 Å². The fourth-order valence-corrected chi connectivity index (χ4v) is 2.10. The molecule has 2 rings (SSSR count). The van der Waals surface area contributed by atoms with Crippen LogP contribution in [0.25, 0.3) is 0 Å². The van der Waals surface area contributed by atoms with Gasteiger partial charge in [-0.3, -0.25) is 4.79 Å². The Morgan fingerprint density at radius 1 is 1.08 bits per heavy atom. The summed E-state index contributed by atoms with van der Waals surface area (Å²) in [6, 6.07) is 14.8. The minimum absolute atomic E-state index is 0.217. The molecule has 0 saturated carbocycles. The van der Waals surface area contributed by atoms with Crippen LogP contribution in [0.2, 0.25) is 0 Å². The monoisotopic (exact) mass is 329 g/mol. The highest BCUT2D eigenvalue weighted by Crippen LogP contribution is 2.19. The van der Waals surface area contributed by atoms with Gasteiger partial charge >= 0.3 is 0 Å². The lowest BCUT2D eigenvalue weighted by molar-refractivity contribution is -0.122. The fraction of sp³-hybridized carbons (Fsp3) is 0.316. The predicted octanol–water partition coefficient (Wildman–Crippen LogP) is 3.43. The summed E-state index contributed by atoms with van der Waals surface area (Å²) < 4.78 is 16.2. The Bertz CT molecular complexity index is 672. The Morgan fingerprint density at radius 3 is 2.58 bits per heavy atom. The number of rotatable bonds is 8. The molecule has 5 nitrogen and oxygen atoms in total. The third-order valence-corrected chi connectivity index (χ3v) is 3.33. The van der Waals surface area contributed by atoms with Crippen LogP contribution in [0.15, 0.2) is 48.5 Å². The van der Waals surface area contributed by atoms with Crippen LogP contribution in [0.4, 0.5) is 5.69 Å². The Balaban J connectivity index is 1.92. The molecule has 2 aromatic carbocycles. The zero-order valence-corrected chi connectivity index (χ0v) is 14.2. The summed E-state index contributed by atoms with van der Waals surface area (Å²) >= 11 is 0. The number of hydrogen-bond acceptors (Lipinski definition) is 4. The first-order valence-electron chi connectivity index (χ1n) is 7.84. The molecule has 2 aromatic rings. The summed E-state index contributed by atoms with van der Waals surface area (Å²) in [6.45, 7) is 4.67. The summed E-state index contributed by atoms with van der Waals surface area (Å²) in [5, 5.41) is 2.83. The number of methoxy groups -OCH3 is 1. The van der Waals surface area contributed by atoms with Crippen LogP contribution < -0.4 is 14.8 Å². The number of nitrogens with one attached hydrogen (secondary N) is 1. The molecule has 0 radical (unpaired) electrons. The van der Waals surface area contributed by atoms with Crippen molar-refractivity contribution >= 4 is 11.6 Å². The molecule has 24 heavy (non-hydrogen) atoms. The number of carbonyl (C=O) groups excluding carboxylic acids is 1. The van der Waals surface area contributed by atoms with Crippen molar-refractivity contribution < 1.29 is 19.0 Å². The molecule has 0 bridgehead atoms. The average molecular weight is 329 g/mol. The molecule has 128 valence electrons. The first-order chi connectivity index (χ1) is 11.6. The van der Waals surface area contributed by atoms with Crippen molar-refractivity contribution in [2.75, 3.05) is 25.6 Å². The molecule has 0 aliphatic rings. The number of aryl methyl sites for hydroxylation is 1.